The molecule has 37 heavy (non-hydrogen) atoms. The molecule has 2 aliphatic rings. The Morgan fingerprint density at radius 3 is 2.89 bits per heavy atom. The van der Waals surface area contributed by atoms with Gasteiger partial charge in [0.1, 0.15) is 17.6 Å². The molecule has 1 aromatic carbocycles. The zero-order chi connectivity index (χ0) is 28.2. The predicted molar refractivity (Wildman–Crippen MR) is 125 cm³/mol. The Balaban J connectivity index is 1.35. The van der Waals surface area contributed by atoms with E-state index in [2.05, 4.69) is 25.7 Å². The molecule has 0 bridgehead atoms. The summed E-state index contributed by atoms with van der Waals surface area (Å²) in [5.74, 6) is -3.69. The third kappa shape index (κ3) is 4.33. The molecule has 1 N–H and O–H groups in total. The van der Waals surface area contributed by atoms with Crippen LogP contribution in [-0.2, 0) is 11.3 Å². The van der Waals surface area contributed by atoms with Crippen LogP contribution in [-0.4, -0.2) is 92.3 Å². The van der Waals surface area contributed by atoms with E-state index >= 15 is 8.78 Å². The minimum atomic E-state index is -3.11. The van der Waals surface area contributed by atoms with Crippen molar-refractivity contribution in [3.05, 3.63) is 30.5 Å². The van der Waals surface area contributed by atoms with Crippen molar-refractivity contribution in [2.75, 3.05) is 38.7 Å². The van der Waals surface area contributed by atoms with Gasteiger partial charge in [-0.05, 0) is 30.2 Å². The van der Waals surface area contributed by atoms with Crippen LogP contribution in [0.3, 0.4) is 0 Å². The van der Waals surface area contributed by atoms with Gasteiger partial charge in [-0.15, -0.1) is 10.2 Å². The number of rotatable bonds is 7. The first kappa shape index (κ1) is 20.5. The van der Waals surface area contributed by atoms with E-state index in [1.165, 1.54) is 10.7 Å². The van der Waals surface area contributed by atoms with E-state index in [4.69, 9.17) is 13.6 Å². The normalized spacial score (nSPS) is 22.1. The fourth-order valence-corrected chi connectivity index (χ4v) is 4.80. The van der Waals surface area contributed by atoms with Crippen LogP contribution in [0.25, 0.3) is 27.7 Å². The van der Waals surface area contributed by atoms with Crippen molar-refractivity contribution < 1.29 is 31.1 Å². The number of aromatic nitrogens is 6. The van der Waals surface area contributed by atoms with Gasteiger partial charge in [0.05, 0.1) is 48.5 Å². The summed E-state index contributed by atoms with van der Waals surface area (Å²) in [5, 5.41) is 14.6. The lowest BCUT2D eigenvalue weighted by atomic mass is 9.98. The van der Waals surface area contributed by atoms with Gasteiger partial charge in [0.2, 0.25) is 11.8 Å². The SMILES string of the molecule is [2H]C([2H])([2H])Oc1nc(N[C@@H]2CCN(C3COC3)CC2(F)F)nn2ccc(-c3ccc4nnn(CC(F)F)c4c3)c12. The summed E-state index contributed by atoms with van der Waals surface area (Å²) in [6.45, 7) is 0.178. The molecule has 4 aromatic rings. The first-order chi connectivity index (χ1) is 19.0. The summed E-state index contributed by atoms with van der Waals surface area (Å²) in [4.78, 5) is 5.87. The highest BCUT2D eigenvalue weighted by molar-refractivity contribution is 5.89. The molecule has 5 heterocycles. The second-order valence-corrected chi connectivity index (χ2v) is 9.14. The number of nitrogens with zero attached hydrogens (tertiary/aromatic N) is 7. The average Bonchev–Trinajstić information content (AvgIpc) is 3.42. The van der Waals surface area contributed by atoms with E-state index in [0.29, 0.717) is 41.9 Å². The lowest BCUT2D eigenvalue weighted by Crippen LogP contribution is -2.61. The molecular formula is C23H24F4N8O2. The van der Waals surface area contributed by atoms with Crippen LogP contribution in [0, 0.1) is 0 Å². The van der Waals surface area contributed by atoms with Crippen molar-refractivity contribution in [1.82, 2.24) is 34.5 Å². The molecule has 2 saturated heterocycles. The maximum absolute atomic E-state index is 15.1. The zero-order valence-electron chi connectivity index (χ0n) is 22.3. The summed E-state index contributed by atoms with van der Waals surface area (Å²) in [6.07, 6.45) is -1.04. The highest BCUT2D eigenvalue weighted by Crippen LogP contribution is 2.35. The van der Waals surface area contributed by atoms with Crippen molar-refractivity contribution >= 4 is 22.5 Å². The molecule has 14 heteroatoms. The largest absolute Gasteiger partial charge is 0.479 e. The summed E-state index contributed by atoms with van der Waals surface area (Å²) in [5.41, 5.74) is 1.83. The molecule has 6 rings (SSSR count). The Morgan fingerprint density at radius 1 is 1.30 bits per heavy atom. The van der Waals surface area contributed by atoms with Crippen LogP contribution < -0.4 is 10.1 Å². The van der Waals surface area contributed by atoms with Gasteiger partial charge in [0, 0.05) is 18.3 Å². The number of likely N-dealkylation sites (tertiary alicyclic amines) is 1. The lowest BCUT2D eigenvalue weighted by molar-refractivity contribution is -0.131. The zero-order valence-corrected chi connectivity index (χ0v) is 19.3. The van der Waals surface area contributed by atoms with Gasteiger partial charge in [0.15, 0.2) is 0 Å². The van der Waals surface area contributed by atoms with Gasteiger partial charge in [-0.2, -0.15) is 4.98 Å². The van der Waals surface area contributed by atoms with Gasteiger partial charge in [0.25, 0.3) is 12.3 Å². The number of hydrogen-bond donors (Lipinski definition) is 1. The fourth-order valence-electron chi connectivity index (χ4n) is 4.80. The maximum Gasteiger partial charge on any atom is 0.280 e. The van der Waals surface area contributed by atoms with Gasteiger partial charge in [-0.3, -0.25) is 4.90 Å². The molecule has 2 aliphatic heterocycles. The summed E-state index contributed by atoms with van der Waals surface area (Å²) < 4.78 is 91.7. The molecule has 0 unspecified atom stereocenters. The van der Waals surface area contributed by atoms with E-state index in [0.717, 1.165) is 4.68 Å². The van der Waals surface area contributed by atoms with Crippen LogP contribution in [0.4, 0.5) is 23.5 Å². The fraction of sp³-hybridized carbons (Fsp3) is 0.478. The van der Waals surface area contributed by atoms with Crippen LogP contribution in [0.5, 0.6) is 5.88 Å². The molecule has 1 atom stereocenters. The highest BCUT2D eigenvalue weighted by Gasteiger charge is 2.47. The van der Waals surface area contributed by atoms with Gasteiger partial charge in [-0.25, -0.2) is 26.8 Å². The van der Waals surface area contributed by atoms with Gasteiger partial charge < -0.3 is 14.8 Å². The Kier molecular flexibility index (Phi) is 5.05. The molecule has 0 aliphatic carbocycles. The number of methoxy groups -OCH3 is 1. The number of fused-ring (bicyclic) bond motifs is 2. The number of alkyl halides is 4. The first-order valence-corrected chi connectivity index (χ1v) is 11.6. The number of benzene rings is 1. The topological polar surface area (TPSA) is 94.6 Å². The van der Waals surface area contributed by atoms with Crippen molar-refractivity contribution in [3.8, 4) is 17.0 Å². The number of ether oxygens (including phenoxy) is 2. The summed E-state index contributed by atoms with van der Waals surface area (Å²) in [6, 6.07) is 5.13. The van der Waals surface area contributed by atoms with Gasteiger partial charge in [-0.1, -0.05) is 11.3 Å². The lowest BCUT2D eigenvalue weighted by Gasteiger charge is -2.44. The standard InChI is InChI=1S/C23H24F4N8O2/c1-36-21-20-15(13-2-3-16-17(8-13)35(32-30-16)9-19(24)25)4-7-34(20)31-22(29-21)28-18-5-6-33(12-23(18,26)27)14-10-37-11-14/h2-4,7-8,14,18-19H,5-6,9-12H2,1H3,(H,28,31)/t18-/m1/s1/i1D3. The first-order valence-electron chi connectivity index (χ1n) is 13.1. The van der Waals surface area contributed by atoms with E-state index in [9.17, 15) is 8.78 Å². The third-order valence-corrected chi connectivity index (χ3v) is 6.78. The van der Waals surface area contributed by atoms with E-state index in [1.807, 2.05) is 0 Å². The number of piperidine rings is 1. The molecule has 3 aromatic heterocycles. The Hall–Kier alpha value is -3.52. The second kappa shape index (κ2) is 9.10. The number of nitrogens with one attached hydrogen (secondary N) is 1. The highest BCUT2D eigenvalue weighted by atomic mass is 19.3. The molecule has 0 amide bonds. The number of anilines is 1. The summed E-state index contributed by atoms with van der Waals surface area (Å²) >= 11 is 0. The monoisotopic (exact) mass is 523 g/mol. The molecule has 196 valence electrons. The average molecular weight is 524 g/mol. The Bertz CT molecular complexity index is 1540. The minimum absolute atomic E-state index is 0.0268. The van der Waals surface area contributed by atoms with Crippen molar-refractivity contribution in [3.63, 3.8) is 0 Å². The predicted octanol–water partition coefficient (Wildman–Crippen LogP) is 2.94. The molecule has 0 radical (unpaired) electrons. The van der Waals surface area contributed by atoms with Gasteiger partial charge >= 0.3 is 0 Å². The third-order valence-electron chi connectivity index (χ3n) is 6.78. The quantitative estimate of drug-likeness (QED) is 0.370. The Morgan fingerprint density at radius 2 is 2.16 bits per heavy atom. The maximum atomic E-state index is 15.1. The van der Waals surface area contributed by atoms with Crippen molar-refractivity contribution in [2.45, 2.75) is 37.4 Å². The Labute approximate surface area is 212 Å². The van der Waals surface area contributed by atoms with Crippen molar-refractivity contribution in [1.29, 1.82) is 0 Å². The number of hydrogen-bond acceptors (Lipinski definition) is 8. The van der Waals surface area contributed by atoms with Crippen LogP contribution >= 0.6 is 0 Å². The van der Waals surface area contributed by atoms with Crippen LogP contribution in [0.1, 0.15) is 10.5 Å². The van der Waals surface area contributed by atoms with Crippen molar-refractivity contribution in [2.24, 2.45) is 0 Å². The molecule has 0 saturated carbocycles. The van der Waals surface area contributed by atoms with E-state index in [-0.39, 0.29) is 29.8 Å². The number of halogens is 4. The summed E-state index contributed by atoms with van der Waals surface area (Å²) in [7, 11) is -2.91. The minimum Gasteiger partial charge on any atom is -0.479 e. The smallest absolute Gasteiger partial charge is 0.280 e. The van der Waals surface area contributed by atoms with E-state index < -0.39 is 38.5 Å². The molecule has 0 spiro atoms. The molecule has 10 nitrogen and oxygen atoms in total. The molecule has 2 fully saturated rings. The second-order valence-electron chi connectivity index (χ2n) is 9.14. The van der Waals surface area contributed by atoms with E-state index in [1.54, 1.807) is 29.2 Å². The molecular weight excluding hydrogens is 496 g/mol. The van der Waals surface area contributed by atoms with Crippen LogP contribution in [0.15, 0.2) is 30.5 Å². The van der Waals surface area contributed by atoms with Crippen LogP contribution in [0.2, 0.25) is 0 Å².